The van der Waals surface area contributed by atoms with Crippen molar-refractivity contribution in [3.63, 3.8) is 0 Å². The van der Waals surface area contributed by atoms with Crippen molar-refractivity contribution in [3.05, 3.63) is 47.3 Å². The molecule has 2 aliphatic rings. The Morgan fingerprint density at radius 2 is 2.04 bits per heavy atom. The Labute approximate surface area is 136 Å². The molecule has 1 aromatic carbocycles. The SMILES string of the molecule is CC(NC1CCC(c2ccc(F)cc2)C1)c1nnc2n1CCC2. The summed E-state index contributed by atoms with van der Waals surface area (Å²) in [6, 6.07) is 7.71. The lowest BCUT2D eigenvalue weighted by Gasteiger charge is -2.19. The second kappa shape index (κ2) is 6.04. The van der Waals surface area contributed by atoms with Crippen molar-refractivity contribution in [1.82, 2.24) is 20.1 Å². The average molecular weight is 314 g/mol. The lowest BCUT2D eigenvalue weighted by molar-refractivity contribution is 0.431. The van der Waals surface area contributed by atoms with E-state index in [1.54, 1.807) is 12.1 Å². The molecule has 4 rings (SSSR count). The van der Waals surface area contributed by atoms with Crippen molar-refractivity contribution >= 4 is 0 Å². The topological polar surface area (TPSA) is 42.7 Å². The van der Waals surface area contributed by atoms with Gasteiger partial charge in [-0.2, -0.15) is 0 Å². The summed E-state index contributed by atoms with van der Waals surface area (Å²) in [5, 5.41) is 12.4. The van der Waals surface area contributed by atoms with E-state index in [1.807, 2.05) is 12.1 Å². The van der Waals surface area contributed by atoms with Crippen LogP contribution in [0.15, 0.2) is 24.3 Å². The van der Waals surface area contributed by atoms with Gasteiger partial charge in [0.25, 0.3) is 0 Å². The number of aryl methyl sites for hydroxylation is 1. The Hall–Kier alpha value is -1.75. The maximum Gasteiger partial charge on any atom is 0.149 e. The number of hydrogen-bond donors (Lipinski definition) is 1. The van der Waals surface area contributed by atoms with Gasteiger partial charge in [0.05, 0.1) is 6.04 Å². The predicted molar refractivity (Wildman–Crippen MR) is 86.7 cm³/mol. The lowest BCUT2D eigenvalue weighted by Crippen LogP contribution is -2.31. The highest BCUT2D eigenvalue weighted by Crippen LogP contribution is 2.35. The molecule has 3 unspecified atom stereocenters. The van der Waals surface area contributed by atoms with E-state index in [0.29, 0.717) is 12.0 Å². The number of nitrogens with zero attached hydrogens (tertiary/aromatic N) is 3. The highest BCUT2D eigenvalue weighted by atomic mass is 19.1. The third kappa shape index (κ3) is 2.90. The number of halogens is 1. The van der Waals surface area contributed by atoms with Gasteiger partial charge in [0, 0.05) is 19.0 Å². The first-order chi connectivity index (χ1) is 11.2. The van der Waals surface area contributed by atoms with E-state index in [4.69, 9.17) is 0 Å². The molecule has 0 bridgehead atoms. The highest BCUT2D eigenvalue weighted by molar-refractivity contribution is 5.22. The second-order valence-electron chi connectivity index (χ2n) is 6.88. The molecular weight excluding hydrogens is 291 g/mol. The summed E-state index contributed by atoms with van der Waals surface area (Å²) in [5.74, 6) is 2.58. The predicted octanol–water partition coefficient (Wildman–Crippen LogP) is 3.35. The largest absolute Gasteiger partial charge is 0.314 e. The van der Waals surface area contributed by atoms with Crippen molar-refractivity contribution < 1.29 is 4.39 Å². The second-order valence-corrected chi connectivity index (χ2v) is 6.88. The average Bonchev–Trinajstić information content (AvgIpc) is 3.23. The number of benzene rings is 1. The van der Waals surface area contributed by atoms with Gasteiger partial charge < -0.3 is 9.88 Å². The van der Waals surface area contributed by atoms with Crippen molar-refractivity contribution in [3.8, 4) is 0 Å². The molecule has 0 saturated heterocycles. The monoisotopic (exact) mass is 314 g/mol. The lowest BCUT2D eigenvalue weighted by atomic mass is 9.97. The molecule has 1 aliphatic heterocycles. The maximum atomic E-state index is 13.1. The van der Waals surface area contributed by atoms with E-state index < -0.39 is 0 Å². The van der Waals surface area contributed by atoms with Crippen LogP contribution in [0.1, 0.15) is 61.8 Å². The summed E-state index contributed by atoms with van der Waals surface area (Å²) in [5.41, 5.74) is 1.26. The molecule has 1 aromatic heterocycles. The Balaban J connectivity index is 1.39. The highest BCUT2D eigenvalue weighted by Gasteiger charge is 2.29. The van der Waals surface area contributed by atoms with E-state index in [1.165, 1.54) is 12.0 Å². The molecule has 1 saturated carbocycles. The van der Waals surface area contributed by atoms with Gasteiger partial charge in [0.15, 0.2) is 0 Å². The molecule has 0 radical (unpaired) electrons. The first-order valence-electron chi connectivity index (χ1n) is 8.64. The summed E-state index contributed by atoms with van der Waals surface area (Å²) in [7, 11) is 0. The molecule has 2 heterocycles. The third-order valence-corrected chi connectivity index (χ3v) is 5.29. The van der Waals surface area contributed by atoms with Crippen molar-refractivity contribution in [2.75, 3.05) is 0 Å². The van der Waals surface area contributed by atoms with E-state index in [0.717, 1.165) is 43.9 Å². The van der Waals surface area contributed by atoms with Crippen LogP contribution in [-0.2, 0) is 13.0 Å². The van der Waals surface area contributed by atoms with Crippen LogP contribution >= 0.6 is 0 Å². The number of rotatable bonds is 4. The molecule has 1 N–H and O–H groups in total. The molecule has 0 amide bonds. The Bertz CT molecular complexity index is 679. The van der Waals surface area contributed by atoms with Crippen molar-refractivity contribution in [1.29, 1.82) is 0 Å². The fourth-order valence-corrected chi connectivity index (χ4v) is 4.09. The normalized spacial score (nSPS) is 24.8. The summed E-state index contributed by atoms with van der Waals surface area (Å²) in [6.45, 7) is 3.23. The minimum absolute atomic E-state index is 0.157. The summed E-state index contributed by atoms with van der Waals surface area (Å²) >= 11 is 0. The van der Waals surface area contributed by atoms with Crippen molar-refractivity contribution in [2.45, 2.75) is 63.6 Å². The van der Waals surface area contributed by atoms with Crippen LogP contribution in [0.4, 0.5) is 4.39 Å². The molecule has 5 heteroatoms. The van der Waals surface area contributed by atoms with Gasteiger partial charge in [0.1, 0.15) is 17.5 Å². The van der Waals surface area contributed by atoms with Gasteiger partial charge in [-0.15, -0.1) is 10.2 Å². The first-order valence-corrected chi connectivity index (χ1v) is 8.64. The quantitative estimate of drug-likeness (QED) is 0.941. The summed E-state index contributed by atoms with van der Waals surface area (Å²) < 4.78 is 15.3. The molecule has 1 aliphatic carbocycles. The number of hydrogen-bond acceptors (Lipinski definition) is 3. The van der Waals surface area contributed by atoms with Crippen molar-refractivity contribution in [2.24, 2.45) is 0 Å². The molecular formula is C18H23FN4. The molecule has 3 atom stereocenters. The minimum atomic E-state index is -0.157. The van der Waals surface area contributed by atoms with Gasteiger partial charge in [-0.3, -0.25) is 0 Å². The first kappa shape index (κ1) is 14.8. The standard InChI is InChI=1S/C18H23FN4/c1-12(18-22-21-17-3-2-10-23(17)18)20-16-9-6-14(11-16)13-4-7-15(19)8-5-13/h4-5,7-8,12,14,16,20H,2-3,6,9-11H2,1H3. The molecule has 0 spiro atoms. The van der Waals surface area contributed by atoms with Gasteiger partial charge >= 0.3 is 0 Å². The Morgan fingerprint density at radius 3 is 2.87 bits per heavy atom. The van der Waals surface area contributed by atoms with Crippen LogP contribution in [0.5, 0.6) is 0 Å². The Morgan fingerprint density at radius 1 is 1.22 bits per heavy atom. The maximum absolute atomic E-state index is 13.1. The minimum Gasteiger partial charge on any atom is -0.314 e. The smallest absolute Gasteiger partial charge is 0.149 e. The van der Waals surface area contributed by atoms with Crippen LogP contribution < -0.4 is 5.32 Å². The molecule has 23 heavy (non-hydrogen) atoms. The van der Waals surface area contributed by atoms with Crippen LogP contribution in [0, 0.1) is 5.82 Å². The van der Waals surface area contributed by atoms with Crippen LogP contribution in [-0.4, -0.2) is 20.8 Å². The number of nitrogens with one attached hydrogen (secondary N) is 1. The summed E-state index contributed by atoms with van der Waals surface area (Å²) in [6.07, 6.45) is 5.66. The molecule has 2 aromatic rings. The van der Waals surface area contributed by atoms with Crippen LogP contribution in [0.25, 0.3) is 0 Å². The molecule has 122 valence electrons. The van der Waals surface area contributed by atoms with Gasteiger partial charge in [0.2, 0.25) is 0 Å². The van der Waals surface area contributed by atoms with Crippen LogP contribution in [0.3, 0.4) is 0 Å². The van der Waals surface area contributed by atoms with E-state index in [9.17, 15) is 4.39 Å². The molecule has 4 nitrogen and oxygen atoms in total. The zero-order valence-electron chi connectivity index (χ0n) is 13.5. The summed E-state index contributed by atoms with van der Waals surface area (Å²) in [4.78, 5) is 0. The fraction of sp³-hybridized carbons (Fsp3) is 0.556. The van der Waals surface area contributed by atoms with Crippen LogP contribution in [0.2, 0.25) is 0 Å². The molecule has 1 fully saturated rings. The van der Waals surface area contributed by atoms with E-state index >= 15 is 0 Å². The van der Waals surface area contributed by atoms with E-state index in [-0.39, 0.29) is 11.9 Å². The fourth-order valence-electron chi connectivity index (χ4n) is 4.09. The zero-order valence-corrected chi connectivity index (χ0v) is 13.5. The number of aromatic nitrogens is 3. The van der Waals surface area contributed by atoms with Gasteiger partial charge in [-0.25, -0.2) is 4.39 Å². The number of fused-ring (bicyclic) bond motifs is 1. The van der Waals surface area contributed by atoms with E-state index in [2.05, 4.69) is 27.0 Å². The van der Waals surface area contributed by atoms with Gasteiger partial charge in [-0.05, 0) is 56.2 Å². The Kier molecular flexibility index (Phi) is 3.89. The van der Waals surface area contributed by atoms with Gasteiger partial charge in [-0.1, -0.05) is 12.1 Å². The third-order valence-electron chi connectivity index (χ3n) is 5.29. The zero-order chi connectivity index (χ0) is 15.8.